The molecule has 1 aromatic rings. The summed E-state index contributed by atoms with van der Waals surface area (Å²) in [6.07, 6.45) is 1.14. The minimum absolute atomic E-state index is 0.353. The lowest BCUT2D eigenvalue weighted by atomic mass is 10.4. The van der Waals surface area contributed by atoms with Crippen molar-refractivity contribution in [3.05, 3.63) is 29.0 Å². The van der Waals surface area contributed by atoms with Gasteiger partial charge in [-0.25, -0.2) is 4.79 Å². The predicted molar refractivity (Wildman–Crippen MR) is 54.5 cm³/mol. The van der Waals surface area contributed by atoms with Gasteiger partial charge in [-0.2, -0.15) is 0 Å². The summed E-state index contributed by atoms with van der Waals surface area (Å²) in [6.45, 7) is 3.31. The van der Waals surface area contributed by atoms with E-state index >= 15 is 0 Å². The van der Waals surface area contributed by atoms with Crippen molar-refractivity contribution in [3.63, 3.8) is 0 Å². The van der Waals surface area contributed by atoms with Crippen LogP contribution in [0.2, 0.25) is 0 Å². The summed E-state index contributed by atoms with van der Waals surface area (Å²) in [6, 6.07) is 1.64. The molecule has 4 nitrogen and oxygen atoms in total. The van der Waals surface area contributed by atoms with Crippen LogP contribution in [0.5, 0.6) is 0 Å². The Kier molecular flexibility index (Phi) is 3.41. The summed E-state index contributed by atoms with van der Waals surface area (Å²) in [4.78, 5) is 22.5. The largest absolute Gasteiger partial charge is 0.465 e. The van der Waals surface area contributed by atoms with Crippen LogP contribution in [-0.2, 0) is 9.53 Å². The Balaban J connectivity index is 2.87. The Bertz CT molecular complexity index is 370. The molecule has 0 aromatic carbocycles. The van der Waals surface area contributed by atoms with Crippen LogP contribution >= 0.6 is 11.3 Å². The fourth-order valence-corrected chi connectivity index (χ4v) is 1.61. The maximum Gasteiger partial charge on any atom is 0.350 e. The van der Waals surface area contributed by atoms with Crippen LogP contribution in [0.1, 0.15) is 9.67 Å². The van der Waals surface area contributed by atoms with Gasteiger partial charge in [0.2, 0.25) is 5.91 Å². The molecule has 0 aliphatic rings. The molecule has 1 amide bonds. The number of methoxy groups -OCH3 is 1. The first-order valence-corrected chi connectivity index (χ1v) is 4.66. The van der Waals surface area contributed by atoms with Gasteiger partial charge in [-0.1, -0.05) is 6.58 Å². The van der Waals surface area contributed by atoms with Crippen molar-refractivity contribution in [2.45, 2.75) is 0 Å². The molecular formula is C9H9NO3S. The molecule has 0 aliphatic carbocycles. The van der Waals surface area contributed by atoms with Gasteiger partial charge in [-0.3, -0.25) is 4.79 Å². The van der Waals surface area contributed by atoms with Gasteiger partial charge >= 0.3 is 5.97 Å². The summed E-state index contributed by atoms with van der Waals surface area (Å²) in [5.74, 6) is -0.812. The Labute approximate surface area is 85.2 Å². The quantitative estimate of drug-likeness (QED) is 0.611. The van der Waals surface area contributed by atoms with Crippen molar-refractivity contribution in [2.75, 3.05) is 12.4 Å². The van der Waals surface area contributed by atoms with Gasteiger partial charge in [0.05, 0.1) is 12.8 Å². The van der Waals surface area contributed by atoms with E-state index in [1.54, 1.807) is 11.4 Å². The predicted octanol–water partition coefficient (Wildman–Crippen LogP) is 1.66. The van der Waals surface area contributed by atoms with Gasteiger partial charge in [-0.05, 0) is 17.5 Å². The summed E-state index contributed by atoms with van der Waals surface area (Å²) in [5.41, 5.74) is 0.451. The zero-order valence-electron chi connectivity index (χ0n) is 7.57. The highest BCUT2D eigenvalue weighted by Crippen LogP contribution is 2.22. The Hall–Kier alpha value is -1.62. The fraction of sp³-hybridized carbons (Fsp3) is 0.111. The highest BCUT2D eigenvalue weighted by atomic mass is 32.1. The molecule has 1 N–H and O–H groups in total. The highest BCUT2D eigenvalue weighted by Gasteiger charge is 2.14. The lowest BCUT2D eigenvalue weighted by molar-refractivity contribution is -0.111. The summed E-state index contributed by atoms with van der Waals surface area (Å²) in [7, 11) is 1.29. The average Bonchev–Trinajstić information content (AvgIpc) is 2.64. The third kappa shape index (κ3) is 2.20. The van der Waals surface area contributed by atoms with Crippen molar-refractivity contribution in [1.29, 1.82) is 0 Å². The molecule has 1 rings (SSSR count). The lowest BCUT2D eigenvalue weighted by Crippen LogP contribution is -2.10. The van der Waals surface area contributed by atoms with Gasteiger partial charge in [0.15, 0.2) is 0 Å². The maximum atomic E-state index is 11.2. The molecule has 14 heavy (non-hydrogen) atoms. The van der Waals surface area contributed by atoms with E-state index < -0.39 is 5.97 Å². The second kappa shape index (κ2) is 4.57. The second-order valence-corrected chi connectivity index (χ2v) is 3.26. The standard InChI is InChI=1S/C9H9NO3S/c1-3-7(11)10-6-4-5-14-8(6)9(12)13-2/h3-5H,1H2,2H3,(H,10,11). The lowest BCUT2D eigenvalue weighted by Gasteiger charge is -2.01. The van der Waals surface area contributed by atoms with Crippen LogP contribution in [0.15, 0.2) is 24.1 Å². The molecule has 0 bridgehead atoms. The van der Waals surface area contributed by atoms with Gasteiger partial charge < -0.3 is 10.1 Å². The molecule has 5 heteroatoms. The Morgan fingerprint density at radius 3 is 2.93 bits per heavy atom. The van der Waals surface area contributed by atoms with E-state index in [4.69, 9.17) is 0 Å². The number of nitrogens with one attached hydrogen (secondary N) is 1. The third-order valence-corrected chi connectivity index (χ3v) is 2.37. The molecule has 0 saturated carbocycles. The third-order valence-electron chi connectivity index (χ3n) is 1.48. The van der Waals surface area contributed by atoms with E-state index in [0.717, 1.165) is 6.08 Å². The normalized spacial score (nSPS) is 9.21. The Morgan fingerprint density at radius 2 is 2.36 bits per heavy atom. The topological polar surface area (TPSA) is 55.4 Å². The van der Waals surface area contributed by atoms with E-state index in [-0.39, 0.29) is 5.91 Å². The van der Waals surface area contributed by atoms with Crippen LogP contribution in [0.25, 0.3) is 0 Å². The number of carbonyl (C=O) groups excluding carboxylic acids is 2. The molecule has 0 spiro atoms. The van der Waals surface area contributed by atoms with Gasteiger partial charge in [0, 0.05) is 0 Å². The molecule has 0 saturated heterocycles. The van der Waals surface area contributed by atoms with Crippen LogP contribution in [0, 0.1) is 0 Å². The molecule has 0 atom stereocenters. The molecule has 0 fully saturated rings. The molecule has 1 aromatic heterocycles. The van der Waals surface area contributed by atoms with Crippen molar-refractivity contribution < 1.29 is 14.3 Å². The number of esters is 1. The number of ether oxygens (including phenoxy) is 1. The fourth-order valence-electron chi connectivity index (χ4n) is 0.842. The number of hydrogen-bond donors (Lipinski definition) is 1. The zero-order chi connectivity index (χ0) is 10.6. The monoisotopic (exact) mass is 211 g/mol. The molecular weight excluding hydrogens is 202 g/mol. The number of thiophene rings is 1. The van der Waals surface area contributed by atoms with Crippen molar-refractivity contribution in [3.8, 4) is 0 Å². The van der Waals surface area contributed by atoms with Crippen molar-refractivity contribution in [1.82, 2.24) is 0 Å². The first kappa shape index (κ1) is 10.5. The summed E-state index contributed by atoms with van der Waals surface area (Å²) < 4.78 is 4.54. The van der Waals surface area contributed by atoms with Crippen LogP contribution in [0.3, 0.4) is 0 Å². The second-order valence-electron chi connectivity index (χ2n) is 2.35. The van der Waals surface area contributed by atoms with Crippen LogP contribution in [0.4, 0.5) is 5.69 Å². The van der Waals surface area contributed by atoms with Gasteiger partial charge in [-0.15, -0.1) is 11.3 Å². The molecule has 74 valence electrons. The molecule has 0 radical (unpaired) electrons. The number of amides is 1. The summed E-state index contributed by atoms with van der Waals surface area (Å²) >= 11 is 1.21. The maximum absolute atomic E-state index is 11.2. The molecule has 0 unspecified atom stereocenters. The van der Waals surface area contributed by atoms with E-state index in [9.17, 15) is 9.59 Å². The molecule has 0 aliphatic heterocycles. The zero-order valence-corrected chi connectivity index (χ0v) is 8.39. The molecule has 1 heterocycles. The number of hydrogen-bond acceptors (Lipinski definition) is 4. The van der Waals surface area contributed by atoms with Crippen molar-refractivity contribution in [2.24, 2.45) is 0 Å². The SMILES string of the molecule is C=CC(=O)Nc1ccsc1C(=O)OC. The van der Waals surface area contributed by atoms with Gasteiger partial charge in [0.1, 0.15) is 4.88 Å². The van der Waals surface area contributed by atoms with Crippen LogP contribution in [-0.4, -0.2) is 19.0 Å². The highest BCUT2D eigenvalue weighted by molar-refractivity contribution is 7.12. The minimum atomic E-state index is -0.459. The Morgan fingerprint density at radius 1 is 1.64 bits per heavy atom. The van der Waals surface area contributed by atoms with Crippen LogP contribution < -0.4 is 5.32 Å². The number of anilines is 1. The smallest absolute Gasteiger partial charge is 0.350 e. The van der Waals surface area contributed by atoms with E-state index in [1.165, 1.54) is 18.4 Å². The van der Waals surface area contributed by atoms with E-state index in [0.29, 0.717) is 10.6 Å². The van der Waals surface area contributed by atoms with E-state index in [1.807, 2.05) is 0 Å². The first-order valence-electron chi connectivity index (χ1n) is 3.78. The first-order chi connectivity index (χ1) is 6.69. The van der Waals surface area contributed by atoms with Crippen molar-refractivity contribution >= 4 is 28.9 Å². The number of rotatable bonds is 3. The van der Waals surface area contributed by atoms with E-state index in [2.05, 4.69) is 16.6 Å². The number of carbonyl (C=O) groups is 2. The summed E-state index contributed by atoms with van der Waals surface area (Å²) in [5, 5.41) is 4.21. The minimum Gasteiger partial charge on any atom is -0.465 e. The average molecular weight is 211 g/mol. The van der Waals surface area contributed by atoms with Gasteiger partial charge in [0.25, 0.3) is 0 Å².